The Hall–Kier alpha value is -0.880. The Bertz CT molecular complexity index is 577. The summed E-state index contributed by atoms with van der Waals surface area (Å²) in [7, 11) is -2.91. The summed E-state index contributed by atoms with van der Waals surface area (Å²) in [5.41, 5.74) is 1.83. The molecular formula is C14H25N3O2S. The van der Waals surface area contributed by atoms with Crippen LogP contribution in [-0.4, -0.2) is 36.2 Å². The molecule has 5 nitrogen and oxygen atoms in total. The van der Waals surface area contributed by atoms with Crippen LogP contribution in [0.15, 0.2) is 6.20 Å². The smallest absolute Gasteiger partial charge is 0.152 e. The summed E-state index contributed by atoms with van der Waals surface area (Å²) in [4.78, 5) is 0. The van der Waals surface area contributed by atoms with E-state index in [0.29, 0.717) is 12.3 Å². The number of rotatable bonds is 5. The molecule has 1 unspecified atom stereocenters. The molecule has 1 fully saturated rings. The van der Waals surface area contributed by atoms with E-state index in [9.17, 15) is 8.42 Å². The maximum absolute atomic E-state index is 11.7. The molecule has 0 saturated carbocycles. The topological polar surface area (TPSA) is 64.0 Å². The van der Waals surface area contributed by atoms with Crippen molar-refractivity contribution in [3.8, 4) is 0 Å². The van der Waals surface area contributed by atoms with Gasteiger partial charge in [0.2, 0.25) is 0 Å². The SMILES string of the molecule is Cc1c(CNCC(C)C)cnn1C1(C)CCS(=O)(=O)C1. The molecule has 2 heterocycles. The van der Waals surface area contributed by atoms with Crippen LogP contribution in [0.2, 0.25) is 0 Å². The second-order valence-electron chi connectivity index (χ2n) is 6.53. The van der Waals surface area contributed by atoms with Crippen LogP contribution in [0.4, 0.5) is 0 Å². The van der Waals surface area contributed by atoms with Gasteiger partial charge in [0.05, 0.1) is 23.2 Å². The van der Waals surface area contributed by atoms with Gasteiger partial charge in [0.1, 0.15) is 0 Å². The lowest BCUT2D eigenvalue weighted by atomic mass is 10.0. The highest BCUT2D eigenvalue weighted by molar-refractivity contribution is 7.91. The molecule has 20 heavy (non-hydrogen) atoms. The van der Waals surface area contributed by atoms with Crippen LogP contribution < -0.4 is 5.32 Å². The Morgan fingerprint density at radius 3 is 2.75 bits per heavy atom. The lowest BCUT2D eigenvalue weighted by Gasteiger charge is -2.24. The summed E-state index contributed by atoms with van der Waals surface area (Å²) >= 11 is 0. The van der Waals surface area contributed by atoms with Crippen molar-refractivity contribution in [1.82, 2.24) is 15.1 Å². The zero-order valence-electron chi connectivity index (χ0n) is 12.8. The number of aromatic nitrogens is 2. The zero-order chi connectivity index (χ0) is 15.0. The van der Waals surface area contributed by atoms with Gasteiger partial charge in [-0.2, -0.15) is 5.10 Å². The molecule has 0 amide bonds. The van der Waals surface area contributed by atoms with Gasteiger partial charge >= 0.3 is 0 Å². The van der Waals surface area contributed by atoms with Gasteiger partial charge in [-0.3, -0.25) is 4.68 Å². The number of hydrogen-bond acceptors (Lipinski definition) is 4. The van der Waals surface area contributed by atoms with Crippen molar-refractivity contribution in [1.29, 1.82) is 0 Å². The molecule has 1 aliphatic heterocycles. The molecule has 0 radical (unpaired) electrons. The van der Waals surface area contributed by atoms with E-state index in [2.05, 4.69) is 24.3 Å². The number of nitrogens with one attached hydrogen (secondary N) is 1. The fraction of sp³-hybridized carbons (Fsp3) is 0.786. The Labute approximate surface area is 121 Å². The molecule has 1 aliphatic rings. The second kappa shape index (κ2) is 5.48. The van der Waals surface area contributed by atoms with E-state index in [-0.39, 0.29) is 17.0 Å². The first-order chi connectivity index (χ1) is 9.23. The quantitative estimate of drug-likeness (QED) is 0.894. The molecular weight excluding hydrogens is 274 g/mol. The zero-order valence-corrected chi connectivity index (χ0v) is 13.6. The molecule has 2 rings (SSSR count). The fourth-order valence-corrected chi connectivity index (χ4v) is 4.93. The molecule has 0 bridgehead atoms. The third kappa shape index (κ3) is 3.23. The van der Waals surface area contributed by atoms with Crippen molar-refractivity contribution in [3.63, 3.8) is 0 Å². The third-order valence-electron chi connectivity index (χ3n) is 3.97. The lowest BCUT2D eigenvalue weighted by Crippen LogP contribution is -2.33. The Kier molecular flexibility index (Phi) is 4.25. The van der Waals surface area contributed by atoms with Crippen LogP contribution in [0, 0.1) is 12.8 Å². The maximum atomic E-state index is 11.7. The van der Waals surface area contributed by atoms with Crippen LogP contribution in [0.1, 0.15) is 38.4 Å². The summed E-state index contributed by atoms with van der Waals surface area (Å²) in [5, 5.41) is 7.85. The standard InChI is InChI=1S/C14H25N3O2S/c1-11(2)7-15-8-13-9-16-17(12(13)3)14(4)5-6-20(18,19)10-14/h9,11,15H,5-8,10H2,1-4H3. The van der Waals surface area contributed by atoms with E-state index >= 15 is 0 Å². The first-order valence-corrected chi connectivity index (χ1v) is 9.01. The number of nitrogens with zero attached hydrogens (tertiary/aromatic N) is 2. The van der Waals surface area contributed by atoms with Gasteiger partial charge in [-0.05, 0) is 32.7 Å². The van der Waals surface area contributed by atoms with Crippen LogP contribution >= 0.6 is 0 Å². The first kappa shape index (κ1) is 15.5. The van der Waals surface area contributed by atoms with Gasteiger partial charge in [0.15, 0.2) is 9.84 Å². The van der Waals surface area contributed by atoms with E-state index in [1.807, 2.05) is 24.7 Å². The average Bonchev–Trinajstić information content (AvgIpc) is 2.81. The highest BCUT2D eigenvalue weighted by Gasteiger charge is 2.41. The van der Waals surface area contributed by atoms with Crippen LogP contribution in [0.3, 0.4) is 0 Å². The molecule has 1 aromatic rings. The summed E-state index contributed by atoms with van der Waals surface area (Å²) in [6, 6.07) is 0. The van der Waals surface area contributed by atoms with Crippen molar-refractivity contribution < 1.29 is 8.42 Å². The van der Waals surface area contributed by atoms with E-state index in [4.69, 9.17) is 0 Å². The van der Waals surface area contributed by atoms with Gasteiger partial charge in [-0.25, -0.2) is 8.42 Å². The third-order valence-corrected chi connectivity index (χ3v) is 5.86. The van der Waals surface area contributed by atoms with Gasteiger partial charge in [0, 0.05) is 17.8 Å². The Morgan fingerprint density at radius 2 is 2.20 bits per heavy atom. The van der Waals surface area contributed by atoms with Crippen LogP contribution in [0.25, 0.3) is 0 Å². The predicted molar refractivity (Wildman–Crippen MR) is 80.4 cm³/mol. The van der Waals surface area contributed by atoms with E-state index in [0.717, 1.165) is 24.3 Å². The van der Waals surface area contributed by atoms with Gasteiger partial charge in [-0.1, -0.05) is 13.8 Å². The first-order valence-electron chi connectivity index (χ1n) is 7.19. The summed E-state index contributed by atoms with van der Waals surface area (Å²) < 4.78 is 25.4. The van der Waals surface area contributed by atoms with Gasteiger partial charge < -0.3 is 5.32 Å². The van der Waals surface area contributed by atoms with Crippen molar-refractivity contribution in [2.75, 3.05) is 18.1 Å². The van der Waals surface area contributed by atoms with Gasteiger partial charge in [-0.15, -0.1) is 0 Å². The van der Waals surface area contributed by atoms with Crippen LogP contribution in [-0.2, 0) is 21.9 Å². The fourth-order valence-electron chi connectivity index (χ4n) is 2.82. The molecule has 1 aromatic heterocycles. The highest BCUT2D eigenvalue weighted by Crippen LogP contribution is 2.31. The molecule has 0 aliphatic carbocycles. The monoisotopic (exact) mass is 299 g/mol. The van der Waals surface area contributed by atoms with Crippen molar-refractivity contribution in [2.24, 2.45) is 5.92 Å². The minimum atomic E-state index is -2.91. The molecule has 1 N–H and O–H groups in total. The minimum Gasteiger partial charge on any atom is -0.312 e. The Morgan fingerprint density at radius 1 is 1.50 bits per heavy atom. The Balaban J connectivity index is 2.13. The van der Waals surface area contributed by atoms with Crippen molar-refractivity contribution in [3.05, 3.63) is 17.5 Å². The van der Waals surface area contributed by atoms with Gasteiger partial charge in [0.25, 0.3) is 0 Å². The molecule has 1 atom stereocenters. The number of hydrogen-bond donors (Lipinski definition) is 1. The van der Waals surface area contributed by atoms with E-state index in [1.54, 1.807) is 0 Å². The molecule has 114 valence electrons. The van der Waals surface area contributed by atoms with E-state index < -0.39 is 9.84 Å². The molecule has 0 spiro atoms. The van der Waals surface area contributed by atoms with E-state index in [1.165, 1.54) is 0 Å². The minimum absolute atomic E-state index is 0.196. The molecule has 0 aromatic carbocycles. The second-order valence-corrected chi connectivity index (χ2v) is 8.71. The largest absolute Gasteiger partial charge is 0.312 e. The molecule has 6 heteroatoms. The highest BCUT2D eigenvalue weighted by atomic mass is 32.2. The average molecular weight is 299 g/mol. The summed E-state index contributed by atoms with van der Waals surface area (Å²) in [6.45, 7) is 10.1. The van der Waals surface area contributed by atoms with Crippen molar-refractivity contribution >= 4 is 9.84 Å². The maximum Gasteiger partial charge on any atom is 0.152 e. The lowest BCUT2D eigenvalue weighted by molar-refractivity contribution is 0.321. The van der Waals surface area contributed by atoms with Crippen molar-refractivity contribution in [2.45, 2.75) is 46.2 Å². The normalized spacial score (nSPS) is 25.4. The number of sulfone groups is 1. The summed E-state index contributed by atoms with van der Waals surface area (Å²) in [5.74, 6) is 1.08. The summed E-state index contributed by atoms with van der Waals surface area (Å²) in [6.07, 6.45) is 2.51. The predicted octanol–water partition coefficient (Wildman–Crippen LogP) is 1.47. The van der Waals surface area contributed by atoms with Crippen LogP contribution in [0.5, 0.6) is 0 Å². The molecule has 1 saturated heterocycles.